The molecular weight excluding hydrogens is 416 g/mol. The van der Waals surface area contributed by atoms with Crippen LogP contribution in [-0.2, 0) is 19.6 Å². The molecule has 158 valence electrons. The number of aromatic nitrogens is 1. The summed E-state index contributed by atoms with van der Waals surface area (Å²) in [6.45, 7) is 6.76. The molecule has 0 N–H and O–H groups in total. The average molecular weight is 441 g/mol. The normalized spacial score (nSPS) is 12.1. The van der Waals surface area contributed by atoms with Gasteiger partial charge in [-0.25, -0.2) is 17.5 Å². The number of carbonyl (C=O) groups is 1. The highest BCUT2D eigenvalue weighted by molar-refractivity contribution is 7.89. The molecule has 7 nitrogen and oxygen atoms in total. The smallest absolute Gasteiger partial charge is 0.344 e. The van der Waals surface area contributed by atoms with Crippen LogP contribution in [0.25, 0.3) is 11.1 Å². The molecule has 1 aromatic carbocycles. The van der Waals surface area contributed by atoms with Crippen molar-refractivity contribution in [3.8, 4) is 16.9 Å². The number of pyridine rings is 1. The lowest BCUT2D eigenvalue weighted by atomic mass is 10.0. The Morgan fingerprint density at radius 3 is 2.41 bits per heavy atom. The van der Waals surface area contributed by atoms with Crippen LogP contribution in [0.1, 0.15) is 26.5 Å². The number of aryl methyl sites for hydroxylation is 1. The van der Waals surface area contributed by atoms with E-state index in [0.717, 1.165) is 4.31 Å². The summed E-state index contributed by atoms with van der Waals surface area (Å²) in [5.41, 5.74) is 1.03. The van der Waals surface area contributed by atoms with Crippen molar-refractivity contribution in [3.63, 3.8) is 0 Å². The molecule has 2 rings (SSSR count). The van der Waals surface area contributed by atoms with Gasteiger partial charge in [0.15, 0.2) is 6.61 Å². The highest BCUT2D eigenvalue weighted by Gasteiger charge is 2.22. The topological polar surface area (TPSA) is 85.8 Å². The second-order valence-electron chi connectivity index (χ2n) is 7.61. The van der Waals surface area contributed by atoms with Crippen molar-refractivity contribution >= 4 is 27.6 Å². The average Bonchev–Trinajstić information content (AvgIpc) is 2.59. The number of benzene rings is 1. The molecule has 1 heterocycles. The van der Waals surface area contributed by atoms with E-state index in [0.29, 0.717) is 27.6 Å². The summed E-state index contributed by atoms with van der Waals surface area (Å²) >= 11 is 6.15. The van der Waals surface area contributed by atoms with Gasteiger partial charge in [0.05, 0.1) is 0 Å². The second kappa shape index (κ2) is 8.69. The first kappa shape index (κ1) is 23.1. The van der Waals surface area contributed by atoms with Crippen LogP contribution < -0.4 is 4.74 Å². The first-order valence-corrected chi connectivity index (χ1v) is 10.7. The van der Waals surface area contributed by atoms with Gasteiger partial charge in [-0.1, -0.05) is 11.6 Å². The van der Waals surface area contributed by atoms with Crippen LogP contribution in [0.5, 0.6) is 5.75 Å². The molecule has 0 bridgehead atoms. The van der Waals surface area contributed by atoms with Gasteiger partial charge >= 0.3 is 5.97 Å². The number of halogens is 1. The Balaban J connectivity index is 2.45. The molecule has 2 aromatic rings. The molecule has 29 heavy (non-hydrogen) atoms. The van der Waals surface area contributed by atoms with Gasteiger partial charge in [0.2, 0.25) is 10.0 Å². The highest BCUT2D eigenvalue weighted by Crippen LogP contribution is 2.35. The van der Waals surface area contributed by atoms with Crippen LogP contribution in [0.4, 0.5) is 0 Å². The van der Waals surface area contributed by atoms with Gasteiger partial charge in [-0.3, -0.25) is 4.98 Å². The summed E-state index contributed by atoms with van der Waals surface area (Å²) in [6, 6.07) is 6.40. The third-order valence-corrected chi connectivity index (χ3v) is 5.85. The SMILES string of the molecule is Cc1ncc(S(=O)(=O)N(C)C)cc1-c1cc(Cl)ccc1OCC(=O)OC(C)(C)C. The van der Waals surface area contributed by atoms with Crippen molar-refractivity contribution < 1.29 is 22.7 Å². The molecule has 0 atom stereocenters. The molecule has 0 aliphatic carbocycles. The predicted molar refractivity (Wildman–Crippen MR) is 112 cm³/mol. The summed E-state index contributed by atoms with van der Waals surface area (Å²) in [5, 5.41) is 0.435. The van der Waals surface area contributed by atoms with Crippen LogP contribution in [0.3, 0.4) is 0 Å². The molecule has 0 saturated heterocycles. The van der Waals surface area contributed by atoms with Gasteiger partial charge in [-0.05, 0) is 52.0 Å². The summed E-state index contributed by atoms with van der Waals surface area (Å²) in [5.74, 6) is -0.151. The summed E-state index contributed by atoms with van der Waals surface area (Å²) in [7, 11) is -0.774. The highest BCUT2D eigenvalue weighted by atomic mass is 35.5. The number of carbonyl (C=O) groups excluding carboxylic acids is 1. The maximum absolute atomic E-state index is 12.5. The Morgan fingerprint density at radius 2 is 1.83 bits per heavy atom. The van der Waals surface area contributed by atoms with Gasteiger partial charge in [0, 0.05) is 42.1 Å². The fourth-order valence-corrected chi connectivity index (χ4v) is 3.53. The molecule has 0 aliphatic heterocycles. The Bertz CT molecular complexity index is 1010. The maximum Gasteiger partial charge on any atom is 0.344 e. The first-order valence-electron chi connectivity index (χ1n) is 8.85. The molecule has 0 spiro atoms. The van der Waals surface area contributed by atoms with Crippen molar-refractivity contribution in [3.05, 3.63) is 41.2 Å². The molecule has 0 fully saturated rings. The summed E-state index contributed by atoms with van der Waals surface area (Å²) in [6.07, 6.45) is 1.31. The van der Waals surface area contributed by atoms with Crippen LogP contribution >= 0.6 is 11.6 Å². The molecule has 0 saturated carbocycles. The number of sulfonamides is 1. The van der Waals surface area contributed by atoms with Crippen molar-refractivity contribution in [2.24, 2.45) is 0 Å². The third-order valence-electron chi connectivity index (χ3n) is 3.84. The lowest BCUT2D eigenvalue weighted by Gasteiger charge is -2.20. The van der Waals surface area contributed by atoms with E-state index in [-0.39, 0.29) is 11.5 Å². The van der Waals surface area contributed by atoms with Crippen molar-refractivity contribution in [2.75, 3.05) is 20.7 Å². The molecule has 1 aromatic heterocycles. The van der Waals surface area contributed by atoms with Crippen LogP contribution in [0, 0.1) is 6.92 Å². The van der Waals surface area contributed by atoms with E-state index in [9.17, 15) is 13.2 Å². The van der Waals surface area contributed by atoms with Crippen molar-refractivity contribution in [2.45, 2.75) is 38.2 Å². The van der Waals surface area contributed by atoms with E-state index in [1.165, 1.54) is 26.4 Å². The molecule has 0 aliphatic rings. The lowest BCUT2D eigenvalue weighted by Crippen LogP contribution is -2.27. The molecule has 9 heteroatoms. The third kappa shape index (κ3) is 5.91. The van der Waals surface area contributed by atoms with E-state index in [4.69, 9.17) is 21.1 Å². The summed E-state index contributed by atoms with van der Waals surface area (Å²) < 4.78 is 37.0. The number of esters is 1. The number of hydrogen-bond donors (Lipinski definition) is 0. The Hall–Kier alpha value is -2.16. The quantitative estimate of drug-likeness (QED) is 0.637. The number of hydrogen-bond acceptors (Lipinski definition) is 6. The fourth-order valence-electron chi connectivity index (χ4n) is 2.48. The van der Waals surface area contributed by atoms with Gasteiger partial charge in [0.1, 0.15) is 16.2 Å². The fraction of sp³-hybridized carbons (Fsp3) is 0.400. The summed E-state index contributed by atoms with van der Waals surface area (Å²) in [4.78, 5) is 16.3. The van der Waals surface area contributed by atoms with Gasteiger partial charge in [-0.2, -0.15) is 0 Å². The molecule has 0 unspecified atom stereocenters. The second-order valence-corrected chi connectivity index (χ2v) is 10.2. The molecule has 0 radical (unpaired) electrons. The molecular formula is C20H25ClN2O5S. The predicted octanol–water partition coefficient (Wildman–Crippen LogP) is 3.68. The first-order chi connectivity index (χ1) is 13.3. The number of nitrogens with zero attached hydrogens (tertiary/aromatic N) is 2. The Kier molecular flexibility index (Phi) is 6.93. The van der Waals surface area contributed by atoms with Crippen molar-refractivity contribution in [1.29, 1.82) is 0 Å². The zero-order chi connectivity index (χ0) is 22.0. The lowest BCUT2D eigenvalue weighted by molar-refractivity contribution is -0.157. The van der Waals surface area contributed by atoms with Crippen molar-refractivity contribution in [1.82, 2.24) is 9.29 Å². The van der Waals surface area contributed by atoms with Crippen LogP contribution in [0.15, 0.2) is 35.4 Å². The monoisotopic (exact) mass is 440 g/mol. The molecule has 0 amide bonds. The van der Waals surface area contributed by atoms with E-state index in [2.05, 4.69) is 4.98 Å². The standard InChI is InChI=1S/C20H25ClN2O5S/c1-13-16(10-15(11-22-13)29(25,26)23(5)6)17-9-14(21)7-8-18(17)27-12-19(24)28-20(2,3)4/h7-11H,12H2,1-6H3. The zero-order valence-electron chi connectivity index (χ0n) is 17.3. The van der Waals surface area contributed by atoms with E-state index >= 15 is 0 Å². The van der Waals surface area contributed by atoms with Crippen LogP contribution in [0.2, 0.25) is 5.02 Å². The maximum atomic E-state index is 12.5. The van der Waals surface area contributed by atoms with E-state index < -0.39 is 21.6 Å². The minimum absolute atomic E-state index is 0.0427. The van der Waals surface area contributed by atoms with E-state index in [1.807, 2.05) is 0 Å². The largest absolute Gasteiger partial charge is 0.481 e. The minimum Gasteiger partial charge on any atom is -0.481 e. The number of rotatable bonds is 6. The Labute approximate surface area is 176 Å². The number of ether oxygens (including phenoxy) is 2. The van der Waals surface area contributed by atoms with E-state index in [1.54, 1.807) is 45.9 Å². The Morgan fingerprint density at radius 1 is 1.17 bits per heavy atom. The van der Waals surface area contributed by atoms with Gasteiger partial charge in [-0.15, -0.1) is 0 Å². The zero-order valence-corrected chi connectivity index (χ0v) is 18.9. The van der Waals surface area contributed by atoms with Crippen LogP contribution in [-0.4, -0.2) is 50.0 Å². The van der Waals surface area contributed by atoms with Gasteiger partial charge < -0.3 is 9.47 Å². The van der Waals surface area contributed by atoms with Gasteiger partial charge in [0.25, 0.3) is 0 Å². The minimum atomic E-state index is -3.67.